The van der Waals surface area contributed by atoms with Crippen molar-refractivity contribution < 1.29 is 60.9 Å². The molecule has 1 rings (SSSR count). The summed E-state index contributed by atoms with van der Waals surface area (Å²) in [6.07, 6.45) is -13.2. The molecule has 1 heterocycles. The van der Waals surface area contributed by atoms with Crippen LogP contribution in [0.4, 0.5) is 43.9 Å². The zero-order chi connectivity index (χ0) is 17.1. The standard InChI is InChI=1S/C4F10N2O4S/c5-1(6)2(7,8)16(4(12,13)14)20-21(17,18)19-15(1)3(9,10)11. The van der Waals surface area contributed by atoms with Gasteiger partial charge in [0.15, 0.2) is 0 Å². The van der Waals surface area contributed by atoms with E-state index < -0.39 is 45.2 Å². The van der Waals surface area contributed by atoms with E-state index in [-0.39, 0.29) is 0 Å². The van der Waals surface area contributed by atoms with E-state index in [1.807, 2.05) is 0 Å². The third-order valence-electron chi connectivity index (χ3n) is 1.66. The van der Waals surface area contributed by atoms with Gasteiger partial charge in [-0.1, -0.05) is 0 Å². The molecule has 0 spiro atoms. The molecule has 0 bridgehead atoms. The van der Waals surface area contributed by atoms with Crippen LogP contribution in [0.3, 0.4) is 0 Å². The van der Waals surface area contributed by atoms with Crippen LogP contribution in [0, 0.1) is 0 Å². The van der Waals surface area contributed by atoms with Crippen LogP contribution in [0.25, 0.3) is 0 Å². The van der Waals surface area contributed by atoms with Crippen molar-refractivity contribution in [3.05, 3.63) is 0 Å². The minimum absolute atomic E-state index is 2.43. The van der Waals surface area contributed by atoms with Crippen molar-refractivity contribution in [2.45, 2.75) is 24.7 Å². The Morgan fingerprint density at radius 3 is 1.14 bits per heavy atom. The summed E-state index contributed by atoms with van der Waals surface area (Å²) < 4.78 is 150. The Bertz CT molecular complexity index is 470. The fourth-order valence-electron chi connectivity index (χ4n) is 0.937. The lowest BCUT2D eigenvalue weighted by molar-refractivity contribution is -0.507. The van der Waals surface area contributed by atoms with Crippen molar-refractivity contribution >= 4 is 10.4 Å². The number of hydrogen-bond acceptors (Lipinski definition) is 6. The highest BCUT2D eigenvalue weighted by atomic mass is 32.3. The van der Waals surface area contributed by atoms with Crippen LogP contribution >= 0.6 is 0 Å². The van der Waals surface area contributed by atoms with Crippen LogP contribution in [0.15, 0.2) is 0 Å². The molecule has 1 saturated heterocycles. The molecule has 0 saturated carbocycles. The largest absolute Gasteiger partial charge is 0.489 e. The zero-order valence-corrected chi connectivity index (χ0v) is 9.53. The average molecular weight is 362 g/mol. The summed E-state index contributed by atoms with van der Waals surface area (Å²) in [5.41, 5.74) is 0. The highest BCUT2D eigenvalue weighted by Crippen LogP contribution is 2.50. The molecule has 6 nitrogen and oxygen atoms in total. The van der Waals surface area contributed by atoms with Crippen LogP contribution in [0.2, 0.25) is 0 Å². The number of hydrogen-bond donors (Lipinski definition) is 0. The average Bonchev–Trinajstić information content (AvgIpc) is 2.23. The van der Waals surface area contributed by atoms with Crippen molar-refractivity contribution in [2.75, 3.05) is 0 Å². The molecule has 1 aliphatic heterocycles. The third-order valence-corrected chi connectivity index (χ3v) is 2.33. The van der Waals surface area contributed by atoms with Gasteiger partial charge in [0.25, 0.3) is 0 Å². The van der Waals surface area contributed by atoms with E-state index in [4.69, 9.17) is 0 Å². The van der Waals surface area contributed by atoms with Gasteiger partial charge >= 0.3 is 35.1 Å². The van der Waals surface area contributed by atoms with Crippen molar-refractivity contribution in [1.82, 2.24) is 10.1 Å². The van der Waals surface area contributed by atoms with Gasteiger partial charge in [-0.25, -0.2) is 0 Å². The second kappa shape index (κ2) is 4.54. The molecule has 0 atom stereocenters. The minimum Gasteiger partial charge on any atom is -0.177 e. The molecule has 0 unspecified atom stereocenters. The first kappa shape index (κ1) is 18.1. The molecular weight excluding hydrogens is 362 g/mol. The minimum atomic E-state index is -6.80. The van der Waals surface area contributed by atoms with Crippen molar-refractivity contribution in [2.24, 2.45) is 0 Å². The Morgan fingerprint density at radius 2 is 0.952 bits per heavy atom. The van der Waals surface area contributed by atoms with Crippen LogP contribution in [-0.2, 0) is 19.0 Å². The number of alkyl halides is 10. The van der Waals surface area contributed by atoms with Crippen LogP contribution < -0.4 is 0 Å². The lowest BCUT2D eigenvalue weighted by Gasteiger charge is -2.34. The highest BCUT2D eigenvalue weighted by molar-refractivity contribution is 7.81. The summed E-state index contributed by atoms with van der Waals surface area (Å²) in [7, 11) is -6.57. The van der Waals surface area contributed by atoms with E-state index in [1.165, 1.54) is 0 Å². The maximum absolute atomic E-state index is 13.0. The first-order valence-corrected chi connectivity index (χ1v) is 5.40. The predicted molar refractivity (Wildman–Crippen MR) is 36.8 cm³/mol. The molecule has 0 aliphatic carbocycles. The molecule has 126 valence electrons. The molecule has 21 heavy (non-hydrogen) atoms. The van der Waals surface area contributed by atoms with E-state index in [1.54, 1.807) is 0 Å². The quantitative estimate of drug-likeness (QED) is 0.485. The molecule has 0 aromatic carbocycles. The van der Waals surface area contributed by atoms with E-state index in [0.717, 1.165) is 0 Å². The lowest BCUT2D eigenvalue weighted by Crippen LogP contribution is -2.65. The fraction of sp³-hybridized carbons (Fsp3) is 1.00. The van der Waals surface area contributed by atoms with Gasteiger partial charge in [0, 0.05) is 0 Å². The maximum Gasteiger partial charge on any atom is 0.489 e. The molecule has 1 aliphatic rings. The van der Waals surface area contributed by atoms with Gasteiger partial charge in [-0.15, -0.1) is 8.57 Å². The Kier molecular flexibility index (Phi) is 3.92. The molecule has 0 amide bonds. The summed E-state index contributed by atoms with van der Waals surface area (Å²) in [6, 6.07) is -13.6. The first-order chi connectivity index (χ1) is 8.93. The van der Waals surface area contributed by atoms with Crippen molar-refractivity contribution in [3.8, 4) is 0 Å². The zero-order valence-electron chi connectivity index (χ0n) is 8.72. The Labute approximate surface area is 107 Å². The summed E-state index contributed by atoms with van der Waals surface area (Å²) in [5.74, 6) is 0. The van der Waals surface area contributed by atoms with E-state index in [9.17, 15) is 52.3 Å². The molecule has 0 radical (unpaired) electrons. The maximum atomic E-state index is 13.0. The second-order valence-corrected chi connectivity index (χ2v) is 4.28. The highest BCUT2D eigenvalue weighted by Gasteiger charge is 2.79. The SMILES string of the molecule is O=S1(=O)ON(C(F)(F)F)C(F)(F)C(F)(F)N(C(F)(F)F)O1. The number of nitrogens with zero attached hydrogens (tertiary/aromatic N) is 2. The Morgan fingerprint density at radius 1 is 0.714 bits per heavy atom. The van der Waals surface area contributed by atoms with E-state index >= 15 is 0 Å². The Hall–Kier alpha value is -0.910. The van der Waals surface area contributed by atoms with Crippen molar-refractivity contribution in [1.29, 1.82) is 0 Å². The van der Waals surface area contributed by atoms with Crippen LogP contribution in [0.5, 0.6) is 0 Å². The summed E-state index contributed by atoms with van der Waals surface area (Å²) in [4.78, 5) is 0. The first-order valence-electron chi connectivity index (χ1n) is 4.07. The fourth-order valence-corrected chi connectivity index (χ4v) is 1.69. The lowest BCUT2D eigenvalue weighted by atomic mass is 10.4. The topological polar surface area (TPSA) is 59.1 Å². The molecule has 1 fully saturated rings. The summed E-state index contributed by atoms with van der Waals surface area (Å²) in [6.45, 7) is 0. The van der Waals surface area contributed by atoms with Gasteiger partial charge in [0.2, 0.25) is 0 Å². The van der Waals surface area contributed by atoms with Gasteiger partial charge in [-0.05, 0) is 10.1 Å². The second-order valence-electron chi connectivity index (χ2n) is 3.16. The molecule has 17 heteroatoms. The molecule has 0 aromatic rings. The number of halogens is 10. The number of hydroxylamine groups is 4. The molecule has 0 N–H and O–H groups in total. The monoisotopic (exact) mass is 362 g/mol. The van der Waals surface area contributed by atoms with E-state index in [2.05, 4.69) is 8.57 Å². The molecule has 0 aromatic heterocycles. The summed E-state index contributed by atoms with van der Waals surface area (Å²) in [5, 5.41) is -6.14. The van der Waals surface area contributed by atoms with Gasteiger partial charge in [-0.2, -0.15) is 52.3 Å². The summed E-state index contributed by atoms with van der Waals surface area (Å²) >= 11 is 0. The van der Waals surface area contributed by atoms with E-state index in [0.29, 0.717) is 0 Å². The van der Waals surface area contributed by atoms with Crippen LogP contribution in [0.1, 0.15) is 0 Å². The normalized spacial score (nSPS) is 27.3. The Balaban J connectivity index is 3.57. The van der Waals surface area contributed by atoms with Crippen molar-refractivity contribution in [3.63, 3.8) is 0 Å². The van der Waals surface area contributed by atoms with Gasteiger partial charge in [0.05, 0.1) is 0 Å². The molecular formula is C4F10N2O4S. The smallest absolute Gasteiger partial charge is 0.177 e. The van der Waals surface area contributed by atoms with Crippen LogP contribution in [-0.4, -0.2) is 43.2 Å². The number of rotatable bonds is 0. The van der Waals surface area contributed by atoms with Gasteiger partial charge in [0.1, 0.15) is 0 Å². The van der Waals surface area contributed by atoms with Gasteiger partial charge < -0.3 is 0 Å². The van der Waals surface area contributed by atoms with Gasteiger partial charge in [-0.3, -0.25) is 0 Å². The third kappa shape index (κ3) is 3.15. The predicted octanol–water partition coefficient (Wildman–Crippen LogP) is 1.94.